The van der Waals surface area contributed by atoms with E-state index in [1.165, 1.54) is 12.0 Å². The highest BCUT2D eigenvalue weighted by Crippen LogP contribution is 2.30. The average molecular weight is 235 g/mol. The standard InChI is InChI=1S/C12H13NO4/c1-16-9-5-3-4-8(6-9)13-10(7-14)11(17-2)12(13)15/h3-7,10-11H,1-2H3/t10-,11-/m1/s1. The van der Waals surface area contributed by atoms with Crippen LogP contribution in [0.5, 0.6) is 5.75 Å². The number of hydrogen-bond donors (Lipinski definition) is 0. The van der Waals surface area contributed by atoms with Gasteiger partial charge in [0.25, 0.3) is 5.91 Å². The topological polar surface area (TPSA) is 55.8 Å². The van der Waals surface area contributed by atoms with Crippen molar-refractivity contribution in [3.05, 3.63) is 24.3 Å². The molecule has 1 aromatic rings. The molecule has 5 nitrogen and oxygen atoms in total. The number of amides is 1. The van der Waals surface area contributed by atoms with E-state index in [1.54, 1.807) is 31.4 Å². The highest BCUT2D eigenvalue weighted by atomic mass is 16.5. The SMILES string of the molecule is COc1cccc(N2C(=O)[C@H](OC)[C@H]2C=O)c1. The molecule has 90 valence electrons. The molecule has 0 bridgehead atoms. The van der Waals surface area contributed by atoms with Gasteiger partial charge in [0.15, 0.2) is 6.10 Å². The molecule has 0 radical (unpaired) electrons. The normalized spacial score (nSPS) is 23.2. The summed E-state index contributed by atoms with van der Waals surface area (Å²) in [6.45, 7) is 0. The van der Waals surface area contributed by atoms with Crippen molar-refractivity contribution in [2.24, 2.45) is 0 Å². The number of anilines is 1. The van der Waals surface area contributed by atoms with Gasteiger partial charge in [0, 0.05) is 18.9 Å². The van der Waals surface area contributed by atoms with E-state index in [4.69, 9.17) is 9.47 Å². The van der Waals surface area contributed by atoms with Gasteiger partial charge in [0.05, 0.1) is 7.11 Å². The molecule has 1 aliphatic rings. The summed E-state index contributed by atoms with van der Waals surface area (Å²) >= 11 is 0. The minimum atomic E-state index is -0.668. The zero-order valence-electron chi connectivity index (χ0n) is 9.62. The van der Waals surface area contributed by atoms with Gasteiger partial charge in [-0.05, 0) is 12.1 Å². The molecule has 1 saturated heterocycles. The number of aldehydes is 1. The van der Waals surface area contributed by atoms with E-state index in [1.807, 2.05) is 0 Å². The third-order valence-corrected chi connectivity index (χ3v) is 2.81. The number of methoxy groups -OCH3 is 2. The van der Waals surface area contributed by atoms with E-state index in [9.17, 15) is 9.59 Å². The number of carbonyl (C=O) groups excluding carboxylic acids is 2. The first-order chi connectivity index (χ1) is 8.22. The Kier molecular flexibility index (Phi) is 3.10. The van der Waals surface area contributed by atoms with Crippen molar-refractivity contribution in [1.29, 1.82) is 0 Å². The molecule has 0 N–H and O–H groups in total. The van der Waals surface area contributed by atoms with Crippen molar-refractivity contribution in [3.8, 4) is 5.75 Å². The van der Waals surface area contributed by atoms with E-state index in [-0.39, 0.29) is 5.91 Å². The van der Waals surface area contributed by atoms with Gasteiger partial charge >= 0.3 is 0 Å². The third-order valence-electron chi connectivity index (χ3n) is 2.81. The van der Waals surface area contributed by atoms with Crippen LogP contribution in [0.1, 0.15) is 0 Å². The van der Waals surface area contributed by atoms with Gasteiger partial charge in [0.2, 0.25) is 0 Å². The van der Waals surface area contributed by atoms with Crippen LogP contribution in [0.15, 0.2) is 24.3 Å². The van der Waals surface area contributed by atoms with E-state index < -0.39 is 12.1 Å². The van der Waals surface area contributed by atoms with Gasteiger partial charge in [-0.2, -0.15) is 0 Å². The number of carbonyl (C=O) groups is 2. The second kappa shape index (κ2) is 4.55. The molecule has 5 heteroatoms. The Labute approximate surface area is 98.9 Å². The third kappa shape index (κ3) is 1.78. The minimum absolute atomic E-state index is 0.210. The van der Waals surface area contributed by atoms with Gasteiger partial charge in [-0.3, -0.25) is 9.69 Å². The van der Waals surface area contributed by atoms with E-state index >= 15 is 0 Å². The van der Waals surface area contributed by atoms with Crippen LogP contribution in [-0.4, -0.2) is 38.6 Å². The van der Waals surface area contributed by atoms with Crippen molar-refractivity contribution in [1.82, 2.24) is 0 Å². The Bertz CT molecular complexity index is 446. The maximum absolute atomic E-state index is 11.8. The molecular weight excluding hydrogens is 222 g/mol. The highest BCUT2D eigenvalue weighted by molar-refractivity contribution is 6.10. The lowest BCUT2D eigenvalue weighted by Crippen LogP contribution is -2.66. The Balaban J connectivity index is 2.27. The fourth-order valence-corrected chi connectivity index (χ4v) is 1.92. The molecule has 0 saturated carbocycles. The fourth-order valence-electron chi connectivity index (χ4n) is 1.92. The highest BCUT2D eigenvalue weighted by Gasteiger charge is 2.48. The van der Waals surface area contributed by atoms with Gasteiger partial charge in [-0.15, -0.1) is 0 Å². The molecule has 1 heterocycles. The first-order valence-electron chi connectivity index (χ1n) is 5.18. The lowest BCUT2D eigenvalue weighted by molar-refractivity contribution is -0.142. The summed E-state index contributed by atoms with van der Waals surface area (Å²) in [5.74, 6) is 0.429. The predicted octanol–water partition coefficient (Wildman–Crippen LogP) is 0.624. The van der Waals surface area contributed by atoms with Gasteiger partial charge in [-0.1, -0.05) is 6.07 Å². The number of nitrogens with zero attached hydrogens (tertiary/aromatic N) is 1. The van der Waals surface area contributed by atoms with E-state index in [0.717, 1.165) is 6.29 Å². The van der Waals surface area contributed by atoms with Gasteiger partial charge < -0.3 is 14.3 Å². The molecule has 0 spiro atoms. The Morgan fingerprint density at radius 2 is 2.12 bits per heavy atom. The van der Waals surface area contributed by atoms with Crippen LogP contribution in [0, 0.1) is 0 Å². The van der Waals surface area contributed by atoms with Crippen LogP contribution >= 0.6 is 0 Å². The summed E-state index contributed by atoms with van der Waals surface area (Å²) in [5.41, 5.74) is 0.639. The summed E-state index contributed by atoms with van der Waals surface area (Å²) in [4.78, 5) is 24.1. The van der Waals surface area contributed by atoms with Crippen molar-refractivity contribution < 1.29 is 19.1 Å². The zero-order chi connectivity index (χ0) is 12.4. The van der Waals surface area contributed by atoms with Crippen LogP contribution < -0.4 is 9.64 Å². The molecule has 1 aromatic carbocycles. The minimum Gasteiger partial charge on any atom is -0.497 e. The molecule has 2 rings (SSSR count). The average Bonchev–Trinajstić information content (AvgIpc) is 2.36. The number of β-lactam (4-membered cyclic amide) rings is 1. The Hall–Kier alpha value is -1.88. The Morgan fingerprint density at radius 3 is 2.71 bits per heavy atom. The second-order valence-corrected chi connectivity index (χ2v) is 3.69. The molecular formula is C12H13NO4. The lowest BCUT2D eigenvalue weighted by Gasteiger charge is -2.42. The molecule has 1 fully saturated rings. The van der Waals surface area contributed by atoms with Crippen LogP contribution in [-0.2, 0) is 14.3 Å². The molecule has 0 aliphatic carbocycles. The number of ether oxygens (including phenoxy) is 2. The van der Waals surface area contributed by atoms with Crippen molar-refractivity contribution in [2.75, 3.05) is 19.1 Å². The molecule has 17 heavy (non-hydrogen) atoms. The van der Waals surface area contributed by atoms with Crippen LogP contribution in [0.3, 0.4) is 0 Å². The monoisotopic (exact) mass is 235 g/mol. The summed E-state index contributed by atoms with van der Waals surface area (Å²) in [6.07, 6.45) is 0.0494. The zero-order valence-corrected chi connectivity index (χ0v) is 9.62. The number of hydrogen-bond acceptors (Lipinski definition) is 4. The van der Waals surface area contributed by atoms with Crippen molar-refractivity contribution in [3.63, 3.8) is 0 Å². The van der Waals surface area contributed by atoms with E-state index in [0.29, 0.717) is 11.4 Å². The summed E-state index contributed by atoms with van der Waals surface area (Å²) < 4.78 is 10.0. The van der Waals surface area contributed by atoms with Crippen molar-refractivity contribution >= 4 is 17.9 Å². The molecule has 0 unspecified atom stereocenters. The summed E-state index contributed by atoms with van der Waals surface area (Å²) in [5, 5.41) is 0. The number of benzene rings is 1. The Morgan fingerprint density at radius 1 is 1.35 bits per heavy atom. The first-order valence-corrected chi connectivity index (χ1v) is 5.18. The maximum Gasteiger partial charge on any atom is 0.259 e. The van der Waals surface area contributed by atoms with Crippen molar-refractivity contribution in [2.45, 2.75) is 12.1 Å². The quantitative estimate of drug-likeness (QED) is 0.567. The summed E-state index contributed by atoms with van der Waals surface area (Å²) in [6, 6.07) is 6.45. The molecule has 1 aliphatic heterocycles. The maximum atomic E-state index is 11.8. The van der Waals surface area contributed by atoms with E-state index in [2.05, 4.69) is 0 Å². The second-order valence-electron chi connectivity index (χ2n) is 3.69. The van der Waals surface area contributed by atoms with Gasteiger partial charge in [0.1, 0.15) is 18.1 Å². The summed E-state index contributed by atoms with van der Waals surface area (Å²) in [7, 11) is 2.97. The fraction of sp³-hybridized carbons (Fsp3) is 0.333. The molecule has 2 atom stereocenters. The smallest absolute Gasteiger partial charge is 0.259 e. The van der Waals surface area contributed by atoms with Gasteiger partial charge in [-0.25, -0.2) is 0 Å². The lowest BCUT2D eigenvalue weighted by atomic mass is 9.98. The number of rotatable bonds is 4. The molecule has 1 amide bonds. The predicted molar refractivity (Wildman–Crippen MR) is 61.1 cm³/mol. The van der Waals surface area contributed by atoms with Crippen LogP contribution in [0.2, 0.25) is 0 Å². The largest absolute Gasteiger partial charge is 0.497 e. The van der Waals surface area contributed by atoms with Crippen LogP contribution in [0.4, 0.5) is 5.69 Å². The first kappa shape index (κ1) is 11.6. The van der Waals surface area contributed by atoms with Crippen LogP contribution in [0.25, 0.3) is 0 Å². The molecule has 0 aromatic heterocycles.